The summed E-state index contributed by atoms with van der Waals surface area (Å²) in [7, 11) is -3.70. The van der Waals surface area contributed by atoms with Gasteiger partial charge in [-0.2, -0.15) is 0 Å². The molecule has 6 heteroatoms. The van der Waals surface area contributed by atoms with Crippen LogP contribution in [0, 0.1) is 0 Å². The molecule has 0 radical (unpaired) electrons. The van der Waals surface area contributed by atoms with E-state index in [0.29, 0.717) is 11.1 Å². The van der Waals surface area contributed by atoms with Gasteiger partial charge in [0.05, 0.1) is 0 Å². The lowest BCUT2D eigenvalue weighted by atomic mass is 10.1. The van der Waals surface area contributed by atoms with Crippen LogP contribution < -0.4 is 9.05 Å². The van der Waals surface area contributed by atoms with Gasteiger partial charge in [-0.05, 0) is 38.1 Å². The second-order valence-electron chi connectivity index (χ2n) is 5.07. The summed E-state index contributed by atoms with van der Waals surface area (Å²) in [5.41, 5.74) is 0.864. The summed E-state index contributed by atoms with van der Waals surface area (Å²) in [6, 6.07) is 12.6. The topological polar surface area (TPSA) is 69.7 Å². The molecule has 0 saturated heterocycles. The van der Waals surface area contributed by atoms with Gasteiger partial charge in [0.25, 0.3) is 0 Å². The van der Waals surface area contributed by atoms with Gasteiger partial charge in [0.2, 0.25) is 0 Å². The highest BCUT2D eigenvalue weighted by Crippen LogP contribution is 2.49. The van der Waals surface area contributed by atoms with E-state index in [1.54, 1.807) is 36.4 Å². The van der Waals surface area contributed by atoms with Gasteiger partial charge < -0.3 is 9.05 Å². The highest BCUT2D eigenvalue weighted by atomic mass is 31.2. The summed E-state index contributed by atoms with van der Waals surface area (Å²) >= 11 is 0. The number of carbonyl (C=O) groups is 2. The Morgan fingerprint density at radius 1 is 0.917 bits per heavy atom. The van der Waals surface area contributed by atoms with Crippen LogP contribution in [0.25, 0.3) is 0 Å². The molecule has 0 fully saturated rings. The highest BCUT2D eigenvalue weighted by molar-refractivity contribution is 7.58. The Morgan fingerprint density at radius 2 is 1.33 bits per heavy atom. The first-order chi connectivity index (χ1) is 11.3. The van der Waals surface area contributed by atoms with Crippen LogP contribution in [0.2, 0.25) is 0 Å². The van der Waals surface area contributed by atoms with E-state index in [0.717, 1.165) is 5.82 Å². The summed E-state index contributed by atoms with van der Waals surface area (Å²) in [5.74, 6) is 1.27. The fraction of sp³-hybridized carbons (Fsp3) is 0.111. The van der Waals surface area contributed by atoms with Crippen LogP contribution >= 0.6 is 7.60 Å². The third kappa shape index (κ3) is 4.43. The summed E-state index contributed by atoms with van der Waals surface area (Å²) in [5, 5.41) is 0. The fourth-order valence-corrected chi connectivity index (χ4v) is 2.93. The molecule has 0 heterocycles. The molecular formula is C18H17O5P. The van der Waals surface area contributed by atoms with Crippen LogP contribution in [0.15, 0.2) is 60.9 Å². The van der Waals surface area contributed by atoms with Gasteiger partial charge in [-0.15, -0.1) is 0 Å². The minimum absolute atomic E-state index is 0.135. The highest BCUT2D eigenvalue weighted by Gasteiger charge is 2.24. The summed E-state index contributed by atoms with van der Waals surface area (Å²) < 4.78 is 23.6. The van der Waals surface area contributed by atoms with Crippen molar-refractivity contribution >= 4 is 19.2 Å². The summed E-state index contributed by atoms with van der Waals surface area (Å²) in [4.78, 5) is 22.8. The molecule has 0 amide bonds. The largest absolute Gasteiger partial charge is 0.455 e. The Labute approximate surface area is 140 Å². The molecule has 0 saturated carbocycles. The lowest BCUT2D eigenvalue weighted by Crippen LogP contribution is -2.00. The second-order valence-corrected chi connectivity index (χ2v) is 6.88. The van der Waals surface area contributed by atoms with Crippen molar-refractivity contribution in [1.82, 2.24) is 0 Å². The minimum Gasteiger partial charge on any atom is -0.413 e. The SMILES string of the molecule is C=CP(=O)(Oc1cccc(C(C)=O)c1)Oc1cccc(C(C)=O)c1. The normalized spacial score (nSPS) is 10.8. The third-order valence-corrected chi connectivity index (χ3v) is 4.55. The molecule has 0 aliphatic heterocycles. The first-order valence-electron chi connectivity index (χ1n) is 7.17. The number of hydrogen-bond donors (Lipinski definition) is 0. The number of rotatable bonds is 7. The van der Waals surface area contributed by atoms with Gasteiger partial charge in [-0.1, -0.05) is 30.8 Å². The van der Waals surface area contributed by atoms with Crippen molar-refractivity contribution in [2.45, 2.75) is 13.8 Å². The van der Waals surface area contributed by atoms with Gasteiger partial charge in [-0.3, -0.25) is 9.59 Å². The van der Waals surface area contributed by atoms with Crippen LogP contribution in [-0.4, -0.2) is 11.6 Å². The molecule has 0 aliphatic rings. The first kappa shape index (κ1) is 17.7. The van der Waals surface area contributed by atoms with E-state index < -0.39 is 7.60 Å². The standard InChI is InChI=1S/C18H17O5P/c1-4-24(21,22-17-9-5-7-15(11-17)13(2)19)23-18-10-6-8-16(12-18)14(3)20/h4-12H,1H2,2-3H3. The Morgan fingerprint density at radius 3 is 1.67 bits per heavy atom. The average Bonchev–Trinajstić information content (AvgIpc) is 2.55. The third-order valence-electron chi connectivity index (χ3n) is 3.17. The van der Waals surface area contributed by atoms with Gasteiger partial charge in [-0.25, -0.2) is 4.57 Å². The van der Waals surface area contributed by atoms with Crippen molar-refractivity contribution in [3.05, 3.63) is 72.1 Å². The molecule has 0 unspecified atom stereocenters. The number of benzene rings is 2. The zero-order chi connectivity index (χ0) is 17.7. The Hall–Kier alpha value is -2.65. The van der Waals surface area contributed by atoms with E-state index in [9.17, 15) is 14.2 Å². The van der Waals surface area contributed by atoms with Crippen LogP contribution in [0.1, 0.15) is 34.6 Å². The van der Waals surface area contributed by atoms with Crippen molar-refractivity contribution in [2.75, 3.05) is 0 Å². The van der Waals surface area contributed by atoms with Crippen LogP contribution in [0.4, 0.5) is 0 Å². The Balaban J connectivity index is 2.26. The van der Waals surface area contributed by atoms with Crippen LogP contribution in [0.5, 0.6) is 11.5 Å². The average molecular weight is 344 g/mol. The van der Waals surface area contributed by atoms with Gasteiger partial charge in [0, 0.05) is 16.9 Å². The maximum absolute atomic E-state index is 12.8. The predicted molar refractivity (Wildman–Crippen MR) is 92.0 cm³/mol. The zero-order valence-corrected chi connectivity index (χ0v) is 14.3. The molecule has 24 heavy (non-hydrogen) atoms. The van der Waals surface area contributed by atoms with E-state index in [4.69, 9.17) is 9.05 Å². The fourth-order valence-electron chi connectivity index (χ4n) is 1.93. The summed E-state index contributed by atoms with van der Waals surface area (Å²) in [6.07, 6.45) is 0. The molecule has 0 aliphatic carbocycles. The number of ketones is 2. The van der Waals surface area contributed by atoms with Crippen molar-refractivity contribution < 1.29 is 23.2 Å². The first-order valence-corrected chi connectivity index (χ1v) is 8.79. The molecule has 0 N–H and O–H groups in total. The molecule has 0 aromatic heterocycles. The molecule has 0 bridgehead atoms. The Kier molecular flexibility index (Phi) is 5.37. The quantitative estimate of drug-likeness (QED) is 0.528. The predicted octanol–water partition coefficient (Wildman–Crippen LogP) is 4.89. The zero-order valence-electron chi connectivity index (χ0n) is 13.4. The molecular weight excluding hydrogens is 327 g/mol. The second kappa shape index (κ2) is 7.28. The molecule has 5 nitrogen and oxygen atoms in total. The maximum Gasteiger partial charge on any atom is 0.455 e. The van der Waals surface area contributed by atoms with Crippen molar-refractivity contribution in [1.29, 1.82) is 0 Å². The monoisotopic (exact) mass is 344 g/mol. The summed E-state index contributed by atoms with van der Waals surface area (Å²) in [6.45, 7) is 6.35. The van der Waals surface area contributed by atoms with Crippen molar-refractivity contribution in [3.63, 3.8) is 0 Å². The van der Waals surface area contributed by atoms with Crippen molar-refractivity contribution in [3.8, 4) is 11.5 Å². The van der Waals surface area contributed by atoms with Gasteiger partial charge in [0.1, 0.15) is 11.5 Å². The van der Waals surface area contributed by atoms with Crippen LogP contribution in [-0.2, 0) is 4.57 Å². The van der Waals surface area contributed by atoms with E-state index in [2.05, 4.69) is 6.58 Å². The molecule has 2 aromatic carbocycles. The minimum atomic E-state index is -3.70. The molecule has 0 spiro atoms. The number of Topliss-reactive ketones (excluding diaryl/α,β-unsaturated/α-hetero) is 2. The van der Waals surface area contributed by atoms with E-state index in [1.807, 2.05) is 0 Å². The Bertz CT molecular complexity index is 777. The molecule has 0 atom stereocenters. The maximum atomic E-state index is 12.8. The van der Waals surface area contributed by atoms with E-state index >= 15 is 0 Å². The van der Waals surface area contributed by atoms with Crippen LogP contribution in [0.3, 0.4) is 0 Å². The number of hydrogen-bond acceptors (Lipinski definition) is 5. The van der Waals surface area contributed by atoms with E-state index in [-0.39, 0.29) is 23.1 Å². The van der Waals surface area contributed by atoms with Gasteiger partial charge >= 0.3 is 7.60 Å². The molecule has 124 valence electrons. The molecule has 2 aromatic rings. The van der Waals surface area contributed by atoms with Gasteiger partial charge in [0.15, 0.2) is 11.6 Å². The number of carbonyl (C=O) groups excluding carboxylic acids is 2. The smallest absolute Gasteiger partial charge is 0.413 e. The lowest BCUT2D eigenvalue weighted by Gasteiger charge is -2.17. The molecule has 2 rings (SSSR count). The lowest BCUT2D eigenvalue weighted by molar-refractivity contribution is 0.100. The van der Waals surface area contributed by atoms with Crippen molar-refractivity contribution in [2.24, 2.45) is 0 Å². The van der Waals surface area contributed by atoms with E-state index in [1.165, 1.54) is 26.0 Å².